The molecular formula is C21H28N4O6S. The van der Waals surface area contributed by atoms with Gasteiger partial charge in [0.05, 0.1) is 12.4 Å². The lowest BCUT2D eigenvalue weighted by Gasteiger charge is -2.24. The lowest BCUT2D eigenvalue weighted by molar-refractivity contribution is -0.116. The molecule has 1 aliphatic heterocycles. The van der Waals surface area contributed by atoms with Gasteiger partial charge < -0.3 is 24.8 Å². The van der Waals surface area contributed by atoms with Crippen LogP contribution >= 0.6 is 11.8 Å². The molecular weight excluding hydrogens is 436 g/mol. The number of carbonyl (C=O) groups is 1. The lowest BCUT2D eigenvalue weighted by atomic mass is 10.3. The Morgan fingerprint density at radius 3 is 2.75 bits per heavy atom. The average Bonchev–Trinajstić information content (AvgIpc) is 2.79. The molecule has 0 spiro atoms. The maximum Gasteiger partial charge on any atom is 0.330 e. The van der Waals surface area contributed by atoms with Gasteiger partial charge in [-0.3, -0.25) is 19.1 Å². The normalized spacial score (nSPS) is 12.6. The number of unbranched alkanes of at least 4 members (excludes halogenated alkanes) is 1. The number of fused-ring (bicyclic) bond motifs is 1. The largest absolute Gasteiger partial charge is 0.486 e. The third kappa shape index (κ3) is 5.46. The number of anilines is 2. The van der Waals surface area contributed by atoms with Crippen LogP contribution in [0.25, 0.3) is 0 Å². The van der Waals surface area contributed by atoms with Gasteiger partial charge in [0.25, 0.3) is 5.56 Å². The number of H-pyrrole nitrogens is 1. The number of ether oxygens (including phenoxy) is 3. The quantitative estimate of drug-likeness (QED) is 0.506. The second-order valence-corrected chi connectivity index (χ2v) is 8.18. The summed E-state index contributed by atoms with van der Waals surface area (Å²) in [4.78, 5) is 42.3. The molecule has 0 unspecified atom stereocenters. The van der Waals surface area contributed by atoms with Crippen LogP contribution in [0.1, 0.15) is 19.8 Å². The second kappa shape index (κ2) is 11.1. The smallest absolute Gasteiger partial charge is 0.330 e. The monoisotopic (exact) mass is 464 g/mol. The number of methoxy groups -OCH3 is 1. The van der Waals surface area contributed by atoms with E-state index in [1.54, 1.807) is 6.07 Å². The van der Waals surface area contributed by atoms with Crippen molar-refractivity contribution in [3.8, 4) is 11.5 Å². The minimum atomic E-state index is -0.700. The molecule has 0 aliphatic carbocycles. The molecule has 1 amide bonds. The van der Waals surface area contributed by atoms with E-state index in [2.05, 4.69) is 4.98 Å². The van der Waals surface area contributed by atoms with Gasteiger partial charge in [0.1, 0.15) is 19.0 Å². The topological polar surface area (TPSA) is 129 Å². The fourth-order valence-corrected chi connectivity index (χ4v) is 4.06. The Balaban J connectivity index is 1.84. The van der Waals surface area contributed by atoms with Crippen LogP contribution in [0.3, 0.4) is 0 Å². The lowest BCUT2D eigenvalue weighted by Crippen LogP contribution is -2.43. The molecule has 3 N–H and O–H groups in total. The van der Waals surface area contributed by atoms with Crippen molar-refractivity contribution in [3.63, 3.8) is 0 Å². The van der Waals surface area contributed by atoms with Crippen molar-refractivity contribution >= 4 is 29.2 Å². The Morgan fingerprint density at radius 1 is 1.28 bits per heavy atom. The summed E-state index contributed by atoms with van der Waals surface area (Å²) in [7, 11) is 1.50. The zero-order valence-corrected chi connectivity index (χ0v) is 19.0. The van der Waals surface area contributed by atoms with Gasteiger partial charge in [-0.2, -0.15) is 0 Å². The minimum Gasteiger partial charge on any atom is -0.486 e. The number of aromatic nitrogens is 2. The Bertz CT molecular complexity index is 1070. The molecule has 2 aromatic rings. The highest BCUT2D eigenvalue weighted by Gasteiger charge is 2.24. The molecule has 0 bridgehead atoms. The maximum absolute atomic E-state index is 13.1. The molecule has 0 atom stereocenters. The highest BCUT2D eigenvalue weighted by molar-refractivity contribution is 8.00. The summed E-state index contributed by atoms with van der Waals surface area (Å²) in [6, 6.07) is 5.46. The van der Waals surface area contributed by atoms with Crippen molar-refractivity contribution in [2.45, 2.75) is 31.2 Å². The van der Waals surface area contributed by atoms with Gasteiger partial charge in [0.2, 0.25) is 5.91 Å². The average molecular weight is 465 g/mol. The Hall–Kier alpha value is -2.92. The summed E-state index contributed by atoms with van der Waals surface area (Å²) >= 11 is 1.30. The fourth-order valence-electron chi connectivity index (χ4n) is 3.26. The number of carbonyl (C=O) groups excluding carboxylic acids is 1. The number of hydrogen-bond donors (Lipinski definition) is 2. The molecule has 0 fully saturated rings. The van der Waals surface area contributed by atoms with Crippen LogP contribution in [0.5, 0.6) is 11.5 Å². The van der Waals surface area contributed by atoms with E-state index < -0.39 is 11.2 Å². The first-order valence-corrected chi connectivity index (χ1v) is 11.4. The van der Waals surface area contributed by atoms with Crippen molar-refractivity contribution < 1.29 is 19.0 Å². The standard InChI is InChI=1S/C21H28N4O6S/c1-3-4-7-25-19(22)18(20(27)23-21(25)28)24(8-9-29-2)17(26)13-32-14-5-6-15-16(12-14)31-11-10-30-15/h5-6,12H,3-4,7-11,13,22H2,1-2H3,(H,23,27,28). The van der Waals surface area contributed by atoms with Crippen molar-refractivity contribution in [1.82, 2.24) is 9.55 Å². The number of aromatic amines is 1. The predicted octanol–water partition coefficient (Wildman–Crippen LogP) is 1.46. The van der Waals surface area contributed by atoms with E-state index in [4.69, 9.17) is 19.9 Å². The van der Waals surface area contributed by atoms with Gasteiger partial charge in [-0.15, -0.1) is 11.8 Å². The predicted molar refractivity (Wildman–Crippen MR) is 123 cm³/mol. The van der Waals surface area contributed by atoms with E-state index in [-0.39, 0.29) is 36.3 Å². The Kier molecular flexibility index (Phi) is 8.23. The molecule has 0 saturated carbocycles. The summed E-state index contributed by atoms with van der Waals surface area (Å²) in [5, 5.41) is 0. The zero-order valence-electron chi connectivity index (χ0n) is 18.2. The van der Waals surface area contributed by atoms with Crippen LogP contribution in [-0.2, 0) is 16.1 Å². The minimum absolute atomic E-state index is 0.0269. The molecule has 1 aromatic heterocycles. The maximum atomic E-state index is 13.1. The van der Waals surface area contributed by atoms with Gasteiger partial charge in [-0.1, -0.05) is 13.3 Å². The van der Waals surface area contributed by atoms with Crippen molar-refractivity contribution in [1.29, 1.82) is 0 Å². The SMILES string of the molecule is CCCCn1c(N)c(N(CCOC)C(=O)CSc2ccc3c(c2)OCCO3)c(=O)[nH]c1=O. The summed E-state index contributed by atoms with van der Waals surface area (Å²) in [6.45, 7) is 3.63. The van der Waals surface area contributed by atoms with Crippen LogP contribution in [0.4, 0.5) is 11.5 Å². The molecule has 2 heterocycles. The molecule has 11 heteroatoms. The zero-order chi connectivity index (χ0) is 23.1. The molecule has 1 aromatic carbocycles. The van der Waals surface area contributed by atoms with E-state index in [1.807, 2.05) is 19.1 Å². The van der Waals surface area contributed by atoms with Crippen LogP contribution in [0.15, 0.2) is 32.7 Å². The molecule has 32 heavy (non-hydrogen) atoms. The number of benzene rings is 1. The van der Waals surface area contributed by atoms with Gasteiger partial charge in [0, 0.05) is 25.1 Å². The highest BCUT2D eigenvalue weighted by atomic mass is 32.2. The molecule has 10 nitrogen and oxygen atoms in total. The van der Waals surface area contributed by atoms with Gasteiger partial charge >= 0.3 is 5.69 Å². The first-order chi connectivity index (χ1) is 15.5. The van der Waals surface area contributed by atoms with Gasteiger partial charge in [0.15, 0.2) is 17.2 Å². The number of nitrogens with zero attached hydrogens (tertiary/aromatic N) is 2. The number of amides is 1. The second-order valence-electron chi connectivity index (χ2n) is 7.13. The first-order valence-electron chi connectivity index (χ1n) is 10.4. The third-order valence-corrected chi connectivity index (χ3v) is 5.89. The van der Waals surface area contributed by atoms with Gasteiger partial charge in [-0.05, 0) is 24.6 Å². The summed E-state index contributed by atoms with van der Waals surface area (Å²) in [5.41, 5.74) is 4.87. The fraction of sp³-hybridized carbons (Fsp3) is 0.476. The highest BCUT2D eigenvalue weighted by Crippen LogP contribution is 2.34. The van der Waals surface area contributed by atoms with Crippen LogP contribution in [0.2, 0.25) is 0 Å². The molecule has 3 rings (SSSR count). The summed E-state index contributed by atoms with van der Waals surface area (Å²) in [6.07, 6.45) is 1.56. The van der Waals surface area contributed by atoms with Crippen molar-refractivity contribution in [2.24, 2.45) is 0 Å². The third-order valence-electron chi connectivity index (χ3n) is 4.92. The van der Waals surface area contributed by atoms with Crippen LogP contribution in [-0.4, -0.2) is 54.7 Å². The summed E-state index contributed by atoms with van der Waals surface area (Å²) in [5.74, 6) is 0.993. The van der Waals surface area contributed by atoms with E-state index in [9.17, 15) is 14.4 Å². The summed E-state index contributed by atoms with van der Waals surface area (Å²) < 4.78 is 17.5. The molecule has 174 valence electrons. The number of nitrogen functional groups attached to an aromatic ring is 1. The van der Waals surface area contributed by atoms with E-state index >= 15 is 0 Å². The van der Waals surface area contributed by atoms with E-state index in [0.717, 1.165) is 11.3 Å². The van der Waals surface area contributed by atoms with Crippen molar-refractivity contribution in [3.05, 3.63) is 39.0 Å². The first kappa shape index (κ1) is 23.7. The number of nitrogens with two attached hydrogens (primary N) is 1. The van der Waals surface area contributed by atoms with E-state index in [1.165, 1.54) is 28.3 Å². The van der Waals surface area contributed by atoms with Crippen LogP contribution < -0.4 is 31.4 Å². The molecule has 0 radical (unpaired) electrons. The van der Waals surface area contributed by atoms with Crippen molar-refractivity contribution in [2.75, 3.05) is 49.9 Å². The molecule has 1 aliphatic rings. The van der Waals surface area contributed by atoms with E-state index in [0.29, 0.717) is 37.7 Å². The number of rotatable bonds is 10. The number of hydrogen-bond acceptors (Lipinski definition) is 8. The Morgan fingerprint density at radius 2 is 2.03 bits per heavy atom. The molecule has 0 saturated heterocycles. The van der Waals surface area contributed by atoms with Gasteiger partial charge in [-0.25, -0.2) is 4.79 Å². The van der Waals surface area contributed by atoms with Crippen LogP contribution in [0, 0.1) is 0 Å². The number of thioether (sulfide) groups is 1. The number of nitrogens with one attached hydrogen (secondary N) is 1. The Labute approximate surface area is 189 Å².